The van der Waals surface area contributed by atoms with Crippen LogP contribution in [0.5, 0.6) is 0 Å². The van der Waals surface area contributed by atoms with Crippen molar-refractivity contribution in [2.24, 2.45) is 0 Å². The average molecular weight is 387 g/mol. The summed E-state index contributed by atoms with van der Waals surface area (Å²) in [5.41, 5.74) is 1.92. The first-order valence-electron chi connectivity index (χ1n) is 8.46. The van der Waals surface area contributed by atoms with Crippen LogP contribution in [0.4, 0.5) is 5.69 Å². The Morgan fingerprint density at radius 1 is 0.846 bits per heavy atom. The third-order valence-electron chi connectivity index (χ3n) is 4.69. The normalized spacial score (nSPS) is 17.6. The maximum atomic E-state index is 13.3. The zero-order valence-electron chi connectivity index (χ0n) is 13.9. The van der Waals surface area contributed by atoms with Gasteiger partial charge in [-0.05, 0) is 36.6 Å². The van der Waals surface area contributed by atoms with Crippen molar-refractivity contribution >= 4 is 46.3 Å². The van der Waals surface area contributed by atoms with Crippen molar-refractivity contribution in [3.8, 4) is 0 Å². The van der Waals surface area contributed by atoms with Crippen LogP contribution in [0.1, 0.15) is 18.4 Å². The lowest BCUT2D eigenvalue weighted by molar-refractivity contribution is -0.120. The molecule has 2 amide bonds. The summed E-state index contributed by atoms with van der Waals surface area (Å²) in [7, 11) is 0. The van der Waals surface area contributed by atoms with Crippen LogP contribution in [-0.2, 0) is 9.59 Å². The van der Waals surface area contributed by atoms with E-state index in [1.165, 1.54) is 0 Å². The van der Waals surface area contributed by atoms with E-state index < -0.39 is 0 Å². The van der Waals surface area contributed by atoms with Gasteiger partial charge in [0.1, 0.15) is 5.70 Å². The van der Waals surface area contributed by atoms with E-state index in [-0.39, 0.29) is 11.8 Å². The number of anilines is 1. The molecule has 0 saturated carbocycles. The van der Waals surface area contributed by atoms with Gasteiger partial charge < -0.3 is 4.90 Å². The Bertz CT molecular complexity index is 919. The number of hydrogen-bond donors (Lipinski definition) is 0. The van der Waals surface area contributed by atoms with Crippen molar-refractivity contribution < 1.29 is 9.59 Å². The van der Waals surface area contributed by atoms with E-state index in [0.29, 0.717) is 27.0 Å². The van der Waals surface area contributed by atoms with E-state index in [2.05, 4.69) is 0 Å². The lowest BCUT2D eigenvalue weighted by Crippen LogP contribution is -2.34. The summed E-state index contributed by atoms with van der Waals surface area (Å²) in [5.74, 6) is -0.716. The molecule has 1 saturated heterocycles. The summed E-state index contributed by atoms with van der Waals surface area (Å²) in [6, 6.07) is 14.1. The Kier molecular flexibility index (Phi) is 4.47. The van der Waals surface area contributed by atoms with Crippen LogP contribution in [0.25, 0.3) is 5.57 Å². The maximum absolute atomic E-state index is 13.3. The summed E-state index contributed by atoms with van der Waals surface area (Å²) in [6.45, 7) is 1.53. The van der Waals surface area contributed by atoms with Crippen LogP contribution in [0.2, 0.25) is 10.0 Å². The molecule has 0 spiro atoms. The molecule has 2 aromatic carbocycles. The van der Waals surface area contributed by atoms with Crippen LogP contribution >= 0.6 is 23.2 Å². The molecule has 0 bridgehead atoms. The Balaban J connectivity index is 1.86. The molecule has 0 aromatic heterocycles. The molecular formula is C20H16Cl2N2O2. The molecule has 0 aliphatic carbocycles. The van der Waals surface area contributed by atoms with Crippen molar-refractivity contribution in [2.75, 3.05) is 18.0 Å². The molecule has 0 unspecified atom stereocenters. The number of likely N-dealkylation sites (tertiary alicyclic amines) is 1. The molecule has 2 aliphatic heterocycles. The highest BCUT2D eigenvalue weighted by atomic mass is 35.5. The van der Waals surface area contributed by atoms with E-state index in [0.717, 1.165) is 36.4 Å². The van der Waals surface area contributed by atoms with Crippen molar-refractivity contribution in [1.82, 2.24) is 4.90 Å². The van der Waals surface area contributed by atoms with Gasteiger partial charge in [-0.15, -0.1) is 0 Å². The second-order valence-corrected chi connectivity index (χ2v) is 7.17. The highest BCUT2D eigenvalue weighted by Gasteiger charge is 2.43. The van der Waals surface area contributed by atoms with Gasteiger partial charge in [-0.2, -0.15) is 0 Å². The number of amides is 2. The first kappa shape index (κ1) is 17.1. The van der Waals surface area contributed by atoms with E-state index >= 15 is 0 Å². The fourth-order valence-electron chi connectivity index (χ4n) is 3.49. The molecule has 1 fully saturated rings. The standard InChI is InChI=1S/C20H16Cl2N2O2/c21-14-8-9-15(22)16(12-14)24-19(25)17(13-6-2-1-3-7-13)18(20(24)26)23-10-4-5-11-23/h1-3,6-9,12H,4-5,10-11H2. The third kappa shape index (κ3) is 2.79. The predicted octanol–water partition coefficient (Wildman–Crippen LogP) is 4.37. The van der Waals surface area contributed by atoms with Crippen LogP contribution < -0.4 is 4.90 Å². The Morgan fingerprint density at radius 2 is 1.54 bits per heavy atom. The summed E-state index contributed by atoms with van der Waals surface area (Å²) in [6.07, 6.45) is 2.01. The van der Waals surface area contributed by atoms with Crippen molar-refractivity contribution in [2.45, 2.75) is 12.8 Å². The van der Waals surface area contributed by atoms with Crippen LogP contribution in [0.15, 0.2) is 54.2 Å². The monoisotopic (exact) mass is 386 g/mol. The van der Waals surface area contributed by atoms with Gasteiger partial charge in [-0.3, -0.25) is 9.59 Å². The van der Waals surface area contributed by atoms with E-state index in [1.54, 1.807) is 18.2 Å². The van der Waals surface area contributed by atoms with Gasteiger partial charge in [0.05, 0.1) is 16.3 Å². The second-order valence-electron chi connectivity index (χ2n) is 6.33. The van der Waals surface area contributed by atoms with Crippen molar-refractivity contribution in [1.29, 1.82) is 0 Å². The fraction of sp³-hybridized carbons (Fsp3) is 0.200. The number of imide groups is 1. The predicted molar refractivity (Wildman–Crippen MR) is 103 cm³/mol. The fourth-order valence-corrected chi connectivity index (χ4v) is 3.86. The molecule has 26 heavy (non-hydrogen) atoms. The number of carbonyl (C=O) groups is 2. The first-order valence-corrected chi connectivity index (χ1v) is 9.22. The van der Waals surface area contributed by atoms with Crippen molar-refractivity contribution in [3.05, 3.63) is 69.8 Å². The smallest absolute Gasteiger partial charge is 0.282 e. The molecular weight excluding hydrogens is 371 g/mol. The number of benzene rings is 2. The van der Waals surface area contributed by atoms with Crippen LogP contribution in [0.3, 0.4) is 0 Å². The minimum atomic E-state index is -0.368. The summed E-state index contributed by atoms with van der Waals surface area (Å²) in [4.78, 5) is 29.7. The number of halogens is 2. The van der Waals surface area contributed by atoms with E-state index in [1.807, 2.05) is 35.2 Å². The maximum Gasteiger partial charge on any atom is 0.282 e. The van der Waals surface area contributed by atoms with Gasteiger partial charge >= 0.3 is 0 Å². The molecule has 2 aliphatic rings. The number of nitrogens with zero attached hydrogens (tertiary/aromatic N) is 2. The lowest BCUT2D eigenvalue weighted by atomic mass is 10.0. The Hall–Kier alpha value is -2.30. The van der Waals surface area contributed by atoms with Gasteiger partial charge in [0.25, 0.3) is 11.8 Å². The highest BCUT2D eigenvalue weighted by Crippen LogP contribution is 2.39. The lowest BCUT2D eigenvalue weighted by Gasteiger charge is -2.20. The van der Waals surface area contributed by atoms with Crippen LogP contribution in [-0.4, -0.2) is 29.8 Å². The molecule has 6 heteroatoms. The number of carbonyl (C=O) groups excluding carboxylic acids is 2. The average Bonchev–Trinajstić information content (AvgIpc) is 3.24. The third-order valence-corrected chi connectivity index (χ3v) is 5.25. The van der Waals surface area contributed by atoms with Crippen molar-refractivity contribution in [3.63, 3.8) is 0 Å². The van der Waals surface area contributed by atoms with Gasteiger partial charge in [-0.1, -0.05) is 53.5 Å². The molecule has 4 nitrogen and oxygen atoms in total. The zero-order chi connectivity index (χ0) is 18.3. The van der Waals surface area contributed by atoms with Gasteiger partial charge in [0, 0.05) is 18.1 Å². The molecule has 0 N–H and O–H groups in total. The molecule has 4 rings (SSSR count). The van der Waals surface area contributed by atoms with Gasteiger partial charge in [-0.25, -0.2) is 4.90 Å². The Labute approximate surface area is 161 Å². The topological polar surface area (TPSA) is 40.6 Å². The highest BCUT2D eigenvalue weighted by molar-refractivity contribution is 6.47. The molecule has 0 radical (unpaired) electrons. The molecule has 0 atom stereocenters. The minimum Gasteiger partial charge on any atom is -0.366 e. The molecule has 2 aromatic rings. The quantitative estimate of drug-likeness (QED) is 0.735. The van der Waals surface area contributed by atoms with Gasteiger partial charge in [0.15, 0.2) is 0 Å². The van der Waals surface area contributed by atoms with Crippen LogP contribution in [0, 0.1) is 0 Å². The van der Waals surface area contributed by atoms with E-state index in [4.69, 9.17) is 23.2 Å². The second kappa shape index (κ2) is 6.78. The number of hydrogen-bond acceptors (Lipinski definition) is 3. The Morgan fingerprint density at radius 3 is 2.23 bits per heavy atom. The largest absolute Gasteiger partial charge is 0.366 e. The SMILES string of the molecule is O=C1C(c2ccccc2)=C(N2CCCC2)C(=O)N1c1cc(Cl)ccc1Cl. The van der Waals surface area contributed by atoms with Gasteiger partial charge in [0.2, 0.25) is 0 Å². The summed E-state index contributed by atoms with van der Waals surface area (Å²) >= 11 is 12.3. The summed E-state index contributed by atoms with van der Waals surface area (Å²) < 4.78 is 0. The number of rotatable bonds is 3. The molecule has 2 heterocycles. The summed E-state index contributed by atoms with van der Waals surface area (Å²) in [5, 5.41) is 0.729. The zero-order valence-corrected chi connectivity index (χ0v) is 15.4. The molecule has 132 valence electrons. The van der Waals surface area contributed by atoms with E-state index in [9.17, 15) is 9.59 Å². The minimum absolute atomic E-state index is 0.311. The first-order chi connectivity index (χ1) is 12.6.